The van der Waals surface area contributed by atoms with Crippen molar-refractivity contribution in [2.75, 3.05) is 5.32 Å². The molecule has 0 amide bonds. The second kappa shape index (κ2) is 4.88. The number of benzene rings is 2. The van der Waals surface area contributed by atoms with E-state index < -0.39 is 0 Å². The van der Waals surface area contributed by atoms with Gasteiger partial charge in [-0.05, 0) is 37.3 Å². The lowest BCUT2D eigenvalue weighted by molar-refractivity contribution is 0.750. The third-order valence-electron chi connectivity index (χ3n) is 3.91. The molecule has 4 heteroatoms. The molecule has 0 atom stereocenters. The molecular formula is C17H16BrN3. The number of hydrogen-bond acceptors (Lipinski definition) is 2. The molecule has 0 radical (unpaired) electrons. The second-order valence-corrected chi connectivity index (χ2v) is 6.46. The van der Waals surface area contributed by atoms with Gasteiger partial charge in [0.2, 0.25) is 5.95 Å². The van der Waals surface area contributed by atoms with Gasteiger partial charge in [0.05, 0.1) is 5.69 Å². The molecule has 1 aromatic heterocycles. The van der Waals surface area contributed by atoms with Crippen molar-refractivity contribution < 1.29 is 0 Å². The monoisotopic (exact) mass is 341 g/mol. The Balaban J connectivity index is 1.80. The lowest BCUT2D eigenvalue weighted by atomic mass is 10.1. The van der Waals surface area contributed by atoms with E-state index in [1.807, 2.05) is 6.92 Å². The molecule has 2 aromatic carbocycles. The summed E-state index contributed by atoms with van der Waals surface area (Å²) >= 11 is 3.62. The number of nitrogens with one attached hydrogen (secondary N) is 1. The Hall–Kier alpha value is -1.81. The summed E-state index contributed by atoms with van der Waals surface area (Å²) in [7, 11) is 0. The Morgan fingerprint density at radius 3 is 2.67 bits per heavy atom. The lowest BCUT2D eigenvalue weighted by Crippen LogP contribution is -2.01. The van der Waals surface area contributed by atoms with Crippen molar-refractivity contribution in [1.29, 1.82) is 0 Å². The summed E-state index contributed by atoms with van der Waals surface area (Å²) in [5.74, 6) is 0.947. The zero-order valence-electron chi connectivity index (χ0n) is 11.8. The molecule has 106 valence electrons. The Morgan fingerprint density at radius 1 is 1.14 bits per heavy atom. The minimum atomic E-state index is 0.621. The van der Waals surface area contributed by atoms with E-state index in [0.29, 0.717) is 6.04 Å². The normalized spacial score (nSPS) is 14.6. The fourth-order valence-corrected chi connectivity index (χ4v) is 3.21. The number of fused-ring (bicyclic) bond motifs is 1. The van der Waals surface area contributed by atoms with Crippen molar-refractivity contribution in [3.63, 3.8) is 0 Å². The highest BCUT2D eigenvalue weighted by molar-refractivity contribution is 9.10. The Kier molecular flexibility index (Phi) is 3.00. The summed E-state index contributed by atoms with van der Waals surface area (Å²) in [6.45, 7) is 2.05. The molecule has 1 fully saturated rings. The van der Waals surface area contributed by atoms with Gasteiger partial charge in [-0.1, -0.05) is 40.2 Å². The van der Waals surface area contributed by atoms with Gasteiger partial charge in [0.1, 0.15) is 0 Å². The summed E-state index contributed by atoms with van der Waals surface area (Å²) in [6.07, 6.45) is 4.65. The molecule has 1 saturated carbocycles. The van der Waals surface area contributed by atoms with Gasteiger partial charge in [-0.3, -0.25) is 0 Å². The third kappa shape index (κ3) is 2.33. The predicted octanol–water partition coefficient (Wildman–Crippen LogP) is 5.19. The van der Waals surface area contributed by atoms with Gasteiger partial charge in [-0.25, -0.2) is 4.98 Å². The van der Waals surface area contributed by atoms with Gasteiger partial charge in [-0.2, -0.15) is 0 Å². The van der Waals surface area contributed by atoms with Gasteiger partial charge >= 0.3 is 0 Å². The SMILES string of the molecule is Cc1cn(C2CC2)c(Nc2ccc(Br)c3ccccc23)n1. The number of aryl methyl sites for hydroxylation is 1. The number of rotatable bonds is 3. The van der Waals surface area contributed by atoms with Gasteiger partial charge in [0.15, 0.2) is 0 Å². The maximum Gasteiger partial charge on any atom is 0.207 e. The van der Waals surface area contributed by atoms with Gasteiger partial charge in [0.25, 0.3) is 0 Å². The van der Waals surface area contributed by atoms with E-state index in [9.17, 15) is 0 Å². The van der Waals surface area contributed by atoms with Crippen LogP contribution in [0.5, 0.6) is 0 Å². The van der Waals surface area contributed by atoms with Crippen molar-refractivity contribution in [1.82, 2.24) is 9.55 Å². The molecule has 0 unspecified atom stereocenters. The van der Waals surface area contributed by atoms with E-state index in [4.69, 9.17) is 0 Å². The lowest BCUT2D eigenvalue weighted by Gasteiger charge is -2.12. The van der Waals surface area contributed by atoms with Crippen LogP contribution in [0, 0.1) is 6.92 Å². The van der Waals surface area contributed by atoms with Crippen LogP contribution in [0.2, 0.25) is 0 Å². The van der Waals surface area contributed by atoms with Crippen LogP contribution in [0.15, 0.2) is 47.1 Å². The van der Waals surface area contributed by atoms with Crippen LogP contribution in [0.25, 0.3) is 10.8 Å². The van der Waals surface area contributed by atoms with Crippen LogP contribution in [0.4, 0.5) is 11.6 Å². The largest absolute Gasteiger partial charge is 0.325 e. The molecule has 4 rings (SSSR count). The van der Waals surface area contributed by atoms with E-state index in [1.165, 1.54) is 23.6 Å². The summed E-state index contributed by atoms with van der Waals surface area (Å²) in [5, 5.41) is 5.93. The number of anilines is 2. The van der Waals surface area contributed by atoms with E-state index >= 15 is 0 Å². The molecule has 0 saturated heterocycles. The highest BCUT2D eigenvalue weighted by Gasteiger charge is 2.26. The number of aromatic nitrogens is 2. The molecule has 3 nitrogen and oxygen atoms in total. The first kappa shape index (κ1) is 12.9. The van der Waals surface area contributed by atoms with Crippen LogP contribution in [-0.2, 0) is 0 Å². The first-order chi connectivity index (χ1) is 10.2. The quantitative estimate of drug-likeness (QED) is 0.710. The predicted molar refractivity (Wildman–Crippen MR) is 90.2 cm³/mol. The molecule has 1 aliphatic carbocycles. The standard InChI is InChI=1S/C17H16BrN3/c1-11-10-21(12-6-7-12)17(19-11)20-16-9-8-15(18)13-4-2-3-5-14(13)16/h2-5,8-10,12H,6-7H2,1H3,(H,19,20). The zero-order valence-corrected chi connectivity index (χ0v) is 13.4. The van der Waals surface area contributed by atoms with Gasteiger partial charge in [-0.15, -0.1) is 0 Å². The zero-order chi connectivity index (χ0) is 14.4. The second-order valence-electron chi connectivity index (χ2n) is 5.61. The highest BCUT2D eigenvalue weighted by atomic mass is 79.9. The number of imidazole rings is 1. The van der Waals surface area contributed by atoms with E-state index in [2.05, 4.69) is 73.4 Å². The maximum absolute atomic E-state index is 4.64. The molecular weight excluding hydrogens is 326 g/mol. The van der Waals surface area contributed by atoms with E-state index in [0.717, 1.165) is 21.8 Å². The summed E-state index contributed by atoms with van der Waals surface area (Å²) < 4.78 is 3.39. The van der Waals surface area contributed by atoms with Crippen molar-refractivity contribution in [3.8, 4) is 0 Å². The molecule has 0 spiro atoms. The Morgan fingerprint density at radius 2 is 1.90 bits per heavy atom. The fourth-order valence-electron chi connectivity index (χ4n) is 2.73. The number of hydrogen-bond donors (Lipinski definition) is 1. The first-order valence-corrected chi connectivity index (χ1v) is 8.01. The molecule has 1 heterocycles. The summed E-state index contributed by atoms with van der Waals surface area (Å²) in [5.41, 5.74) is 2.16. The van der Waals surface area contributed by atoms with E-state index in [-0.39, 0.29) is 0 Å². The summed E-state index contributed by atoms with van der Waals surface area (Å²) in [6, 6.07) is 13.2. The summed E-state index contributed by atoms with van der Waals surface area (Å²) in [4.78, 5) is 4.64. The molecule has 1 N–H and O–H groups in total. The minimum absolute atomic E-state index is 0.621. The minimum Gasteiger partial charge on any atom is -0.325 e. The van der Waals surface area contributed by atoms with Crippen LogP contribution >= 0.6 is 15.9 Å². The third-order valence-corrected chi connectivity index (χ3v) is 4.60. The van der Waals surface area contributed by atoms with Crippen molar-refractivity contribution >= 4 is 38.3 Å². The van der Waals surface area contributed by atoms with Gasteiger partial charge in [0, 0.05) is 27.8 Å². The topological polar surface area (TPSA) is 29.9 Å². The maximum atomic E-state index is 4.64. The average Bonchev–Trinajstić information content (AvgIpc) is 3.26. The van der Waals surface area contributed by atoms with Crippen molar-refractivity contribution in [3.05, 3.63) is 52.8 Å². The first-order valence-electron chi connectivity index (χ1n) is 7.22. The van der Waals surface area contributed by atoms with Crippen LogP contribution in [-0.4, -0.2) is 9.55 Å². The molecule has 1 aliphatic rings. The fraction of sp³-hybridized carbons (Fsp3) is 0.235. The molecule has 0 aliphatic heterocycles. The van der Waals surface area contributed by atoms with E-state index in [1.54, 1.807) is 0 Å². The van der Waals surface area contributed by atoms with Crippen molar-refractivity contribution in [2.45, 2.75) is 25.8 Å². The molecule has 21 heavy (non-hydrogen) atoms. The Labute approximate surface area is 132 Å². The Bertz CT molecular complexity index is 818. The average molecular weight is 342 g/mol. The van der Waals surface area contributed by atoms with Gasteiger partial charge < -0.3 is 9.88 Å². The van der Waals surface area contributed by atoms with Crippen LogP contribution in [0.3, 0.4) is 0 Å². The van der Waals surface area contributed by atoms with Crippen LogP contribution < -0.4 is 5.32 Å². The molecule has 0 bridgehead atoms. The molecule has 3 aromatic rings. The van der Waals surface area contributed by atoms with Crippen molar-refractivity contribution in [2.24, 2.45) is 0 Å². The highest BCUT2D eigenvalue weighted by Crippen LogP contribution is 2.39. The number of halogens is 1. The number of nitrogens with zero attached hydrogens (tertiary/aromatic N) is 2. The van der Waals surface area contributed by atoms with Crippen LogP contribution in [0.1, 0.15) is 24.6 Å². The smallest absolute Gasteiger partial charge is 0.207 e.